The molecule has 8 heteroatoms. The molecule has 0 saturated carbocycles. The van der Waals surface area contributed by atoms with Gasteiger partial charge in [0.05, 0.1) is 17.3 Å². The zero-order chi connectivity index (χ0) is 20.0. The summed E-state index contributed by atoms with van der Waals surface area (Å²) in [6, 6.07) is 7.90. The molecule has 0 bridgehead atoms. The average Bonchev–Trinajstić information content (AvgIpc) is 2.70. The monoisotopic (exact) mass is 372 g/mol. The van der Waals surface area contributed by atoms with Crippen LogP contribution in [0.2, 0.25) is 0 Å². The van der Waals surface area contributed by atoms with Gasteiger partial charge < -0.3 is 31.5 Å². The van der Waals surface area contributed by atoms with Crippen molar-refractivity contribution in [1.29, 1.82) is 0 Å². The Balaban J connectivity index is 0.00000126. The number of benzene rings is 1. The Hall–Kier alpha value is -3.10. The van der Waals surface area contributed by atoms with Gasteiger partial charge in [-0.1, -0.05) is 13.8 Å². The zero-order valence-corrected chi connectivity index (χ0v) is 15.2. The van der Waals surface area contributed by atoms with E-state index < -0.39 is 23.4 Å². The van der Waals surface area contributed by atoms with Gasteiger partial charge in [-0.3, -0.25) is 4.98 Å². The number of fused-ring (bicyclic) bond motifs is 1. The van der Waals surface area contributed by atoms with E-state index in [1.54, 1.807) is 18.3 Å². The van der Waals surface area contributed by atoms with Crippen molar-refractivity contribution in [3.05, 3.63) is 36.5 Å². The first-order valence-electron chi connectivity index (χ1n) is 8.62. The number of nitrogens with two attached hydrogens (primary N) is 1. The number of anilines is 1. The lowest BCUT2D eigenvalue weighted by Crippen LogP contribution is -2.28. The number of hydrogen-bond donors (Lipinski definition) is 6. The molecule has 0 spiro atoms. The van der Waals surface area contributed by atoms with Crippen molar-refractivity contribution in [2.75, 3.05) is 18.4 Å². The number of nitrogens with one attached hydrogen (secondary N) is 1. The number of aromatic nitrogens is 2. The number of aliphatic hydroxyl groups is 1. The molecule has 0 aliphatic heterocycles. The Morgan fingerprint density at radius 2 is 1.78 bits per heavy atom. The quantitative estimate of drug-likeness (QED) is 0.374. The molecule has 0 aliphatic rings. The number of aliphatic hydroxyl groups excluding tert-OH is 1. The topological polar surface area (TPSA) is 145 Å². The highest BCUT2D eigenvalue weighted by Crippen LogP contribution is 2.39. The van der Waals surface area contributed by atoms with Gasteiger partial charge in [0.15, 0.2) is 17.2 Å². The largest absolute Gasteiger partial charge is 0.504 e. The molecule has 0 saturated heterocycles. The van der Waals surface area contributed by atoms with Crippen LogP contribution >= 0.6 is 0 Å². The van der Waals surface area contributed by atoms with Gasteiger partial charge in [-0.15, -0.1) is 0 Å². The Labute approximate surface area is 157 Å². The molecule has 7 N–H and O–H groups in total. The fourth-order valence-corrected chi connectivity index (χ4v) is 2.41. The molecule has 0 amide bonds. The van der Waals surface area contributed by atoms with Crippen molar-refractivity contribution in [2.24, 2.45) is 5.73 Å². The number of aromatic hydroxyl groups is 3. The summed E-state index contributed by atoms with van der Waals surface area (Å²) in [5, 5.41) is 42.4. The Kier molecular flexibility index (Phi) is 6.75. The molecule has 1 unspecified atom stereocenters. The molecule has 2 aromatic heterocycles. The lowest BCUT2D eigenvalue weighted by molar-refractivity contribution is 0.196. The minimum absolute atomic E-state index is 0.114. The van der Waals surface area contributed by atoms with Crippen LogP contribution in [0.5, 0.6) is 17.2 Å². The molecule has 0 aliphatic carbocycles. The molecule has 0 fully saturated rings. The molecular weight excluding hydrogens is 348 g/mol. The standard InChI is InChI=1S/C17H18N4O4.C2H6/c18-7-10(22)8-20-17-11-2-1-3-19-13(11)6-12(21-17)9-4-14(23)16(25)15(24)5-9;1-2/h1-6,10,22-25H,7-8,18H2,(H,20,21);1-2H3. The minimum Gasteiger partial charge on any atom is -0.504 e. The fraction of sp³-hybridized carbons (Fsp3) is 0.263. The first kappa shape index (κ1) is 20.2. The first-order valence-corrected chi connectivity index (χ1v) is 8.62. The summed E-state index contributed by atoms with van der Waals surface area (Å²) in [6.07, 6.45) is 0.912. The van der Waals surface area contributed by atoms with Crippen LogP contribution in [-0.4, -0.2) is 49.6 Å². The van der Waals surface area contributed by atoms with Crippen molar-refractivity contribution >= 4 is 16.7 Å². The lowest BCUT2D eigenvalue weighted by atomic mass is 10.1. The number of phenolic OH excluding ortho intramolecular Hbond substituents is 3. The van der Waals surface area contributed by atoms with Crippen molar-refractivity contribution in [1.82, 2.24) is 9.97 Å². The molecular formula is C19H24N4O4. The SMILES string of the molecule is CC.NCC(O)CNc1nc(-c2cc(O)c(O)c(O)c2)cc2ncccc12. The Bertz CT molecular complexity index is 894. The van der Waals surface area contributed by atoms with Crippen LogP contribution in [0.1, 0.15) is 13.8 Å². The minimum atomic E-state index is -0.723. The van der Waals surface area contributed by atoms with Crippen LogP contribution in [0.3, 0.4) is 0 Å². The molecule has 1 atom stereocenters. The summed E-state index contributed by atoms with van der Waals surface area (Å²) in [6.45, 7) is 4.33. The van der Waals surface area contributed by atoms with E-state index in [4.69, 9.17) is 5.73 Å². The van der Waals surface area contributed by atoms with Gasteiger partial charge in [-0.25, -0.2) is 4.98 Å². The van der Waals surface area contributed by atoms with Gasteiger partial charge in [0, 0.05) is 30.2 Å². The second-order valence-electron chi connectivity index (χ2n) is 5.56. The van der Waals surface area contributed by atoms with Crippen LogP contribution in [0.15, 0.2) is 36.5 Å². The number of pyridine rings is 2. The maximum Gasteiger partial charge on any atom is 0.200 e. The molecule has 27 heavy (non-hydrogen) atoms. The van der Waals surface area contributed by atoms with E-state index in [1.165, 1.54) is 12.1 Å². The molecule has 1 aromatic carbocycles. The lowest BCUT2D eigenvalue weighted by Gasteiger charge is -2.14. The highest BCUT2D eigenvalue weighted by molar-refractivity contribution is 5.92. The predicted molar refractivity (Wildman–Crippen MR) is 105 cm³/mol. The molecule has 8 nitrogen and oxygen atoms in total. The molecule has 144 valence electrons. The number of hydrogen-bond acceptors (Lipinski definition) is 8. The number of rotatable bonds is 5. The van der Waals surface area contributed by atoms with Crippen LogP contribution < -0.4 is 11.1 Å². The van der Waals surface area contributed by atoms with Crippen LogP contribution in [-0.2, 0) is 0 Å². The van der Waals surface area contributed by atoms with E-state index in [2.05, 4.69) is 15.3 Å². The van der Waals surface area contributed by atoms with E-state index in [9.17, 15) is 20.4 Å². The summed E-state index contributed by atoms with van der Waals surface area (Å²) in [4.78, 5) is 8.78. The van der Waals surface area contributed by atoms with E-state index in [1.807, 2.05) is 19.9 Å². The summed E-state index contributed by atoms with van der Waals surface area (Å²) in [5.41, 5.74) is 6.90. The maximum absolute atomic E-state index is 9.72. The maximum atomic E-state index is 9.72. The third kappa shape index (κ3) is 4.55. The average molecular weight is 372 g/mol. The number of nitrogens with zero attached hydrogens (tertiary/aromatic N) is 2. The third-order valence-corrected chi connectivity index (χ3v) is 3.74. The smallest absolute Gasteiger partial charge is 0.200 e. The zero-order valence-electron chi connectivity index (χ0n) is 15.2. The van der Waals surface area contributed by atoms with Gasteiger partial charge in [-0.05, 0) is 30.3 Å². The van der Waals surface area contributed by atoms with Crippen molar-refractivity contribution < 1.29 is 20.4 Å². The van der Waals surface area contributed by atoms with Crippen LogP contribution in [0, 0.1) is 0 Å². The first-order chi connectivity index (χ1) is 13.0. The van der Waals surface area contributed by atoms with E-state index >= 15 is 0 Å². The van der Waals surface area contributed by atoms with Gasteiger partial charge in [0.25, 0.3) is 0 Å². The van der Waals surface area contributed by atoms with E-state index in [-0.39, 0.29) is 13.1 Å². The van der Waals surface area contributed by atoms with Crippen LogP contribution in [0.4, 0.5) is 5.82 Å². The van der Waals surface area contributed by atoms with Crippen molar-refractivity contribution in [3.63, 3.8) is 0 Å². The molecule has 3 aromatic rings. The Morgan fingerprint density at radius 3 is 2.41 bits per heavy atom. The normalized spacial score (nSPS) is 11.6. The van der Waals surface area contributed by atoms with Gasteiger partial charge in [0.2, 0.25) is 0 Å². The van der Waals surface area contributed by atoms with Gasteiger partial charge in [0.1, 0.15) is 5.82 Å². The summed E-state index contributed by atoms with van der Waals surface area (Å²) < 4.78 is 0. The highest BCUT2D eigenvalue weighted by atomic mass is 16.3. The second kappa shape index (κ2) is 9.02. The van der Waals surface area contributed by atoms with E-state index in [0.717, 1.165) is 5.39 Å². The molecule has 0 radical (unpaired) electrons. The predicted octanol–water partition coefficient (Wildman–Crippen LogP) is 2.17. The van der Waals surface area contributed by atoms with Crippen molar-refractivity contribution in [2.45, 2.75) is 20.0 Å². The summed E-state index contributed by atoms with van der Waals surface area (Å²) in [7, 11) is 0. The fourth-order valence-electron chi connectivity index (χ4n) is 2.41. The van der Waals surface area contributed by atoms with E-state index in [0.29, 0.717) is 22.6 Å². The van der Waals surface area contributed by atoms with Gasteiger partial charge in [-0.2, -0.15) is 0 Å². The van der Waals surface area contributed by atoms with Gasteiger partial charge >= 0.3 is 0 Å². The highest BCUT2D eigenvalue weighted by Gasteiger charge is 2.14. The second-order valence-corrected chi connectivity index (χ2v) is 5.56. The summed E-state index contributed by atoms with van der Waals surface area (Å²) in [5.74, 6) is -1.01. The van der Waals surface area contributed by atoms with Crippen molar-refractivity contribution in [3.8, 4) is 28.5 Å². The summed E-state index contributed by atoms with van der Waals surface area (Å²) >= 11 is 0. The van der Waals surface area contributed by atoms with Crippen LogP contribution in [0.25, 0.3) is 22.2 Å². The third-order valence-electron chi connectivity index (χ3n) is 3.74. The molecule has 3 rings (SSSR count). The molecule has 2 heterocycles. The Morgan fingerprint density at radius 1 is 1.11 bits per heavy atom. The number of phenols is 3.